The summed E-state index contributed by atoms with van der Waals surface area (Å²) in [5, 5.41) is 11.7. The maximum absolute atomic E-state index is 14.0. The third-order valence-electron chi connectivity index (χ3n) is 8.41. The second-order valence-corrected chi connectivity index (χ2v) is 10.8. The molecule has 1 N–H and O–H groups in total. The molecule has 0 aromatic heterocycles. The van der Waals surface area contributed by atoms with E-state index in [1.54, 1.807) is 13.8 Å². The van der Waals surface area contributed by atoms with Crippen molar-refractivity contribution in [2.24, 2.45) is 16.7 Å². The van der Waals surface area contributed by atoms with Crippen molar-refractivity contribution in [3.63, 3.8) is 0 Å². The molecule has 0 aromatic carbocycles. The van der Waals surface area contributed by atoms with Gasteiger partial charge in [-0.25, -0.2) is 4.79 Å². The van der Waals surface area contributed by atoms with Gasteiger partial charge in [0.2, 0.25) is 5.60 Å². The molecule has 4 rings (SSSR count). The number of carbonyl (C=O) groups excluding carboxylic acids is 3. The predicted molar refractivity (Wildman–Crippen MR) is 108 cm³/mol. The smallest absolute Gasteiger partial charge is 0.457 e. The highest BCUT2D eigenvalue weighted by Crippen LogP contribution is 2.70. The van der Waals surface area contributed by atoms with Gasteiger partial charge in [0, 0.05) is 19.3 Å². The van der Waals surface area contributed by atoms with Crippen LogP contribution in [-0.4, -0.2) is 58.1 Å². The Bertz CT molecular complexity index is 866. The van der Waals surface area contributed by atoms with Gasteiger partial charge in [-0.3, -0.25) is 9.59 Å². The molecular formula is C23H32O8. The van der Waals surface area contributed by atoms with Crippen molar-refractivity contribution < 1.29 is 38.4 Å². The topological polar surface area (TPSA) is 108 Å². The number of aliphatic hydroxyl groups is 1. The minimum atomic E-state index is -1.80. The van der Waals surface area contributed by atoms with Gasteiger partial charge in [-0.1, -0.05) is 26.8 Å². The van der Waals surface area contributed by atoms with E-state index in [-0.39, 0.29) is 12.2 Å². The largest absolute Gasteiger partial charge is 0.509 e. The van der Waals surface area contributed by atoms with Crippen molar-refractivity contribution in [1.29, 1.82) is 0 Å². The van der Waals surface area contributed by atoms with E-state index in [9.17, 15) is 19.5 Å². The number of ether oxygens (including phenoxy) is 4. The summed E-state index contributed by atoms with van der Waals surface area (Å²) < 4.78 is 23.6. The minimum Gasteiger partial charge on any atom is -0.457 e. The van der Waals surface area contributed by atoms with Crippen molar-refractivity contribution in [1.82, 2.24) is 0 Å². The molecule has 8 atom stereocenters. The SMILES string of the molecule is C=C[C@@]1(C)CC(=O)[C@@]23OC(=O)O[C@H]4CCC(C)(C)C([C@H](O)[C@H](OC(C)=O)[C@@]2(C)O1)[C@]43C. The highest BCUT2D eigenvalue weighted by atomic mass is 16.8. The summed E-state index contributed by atoms with van der Waals surface area (Å²) in [7, 11) is 0. The van der Waals surface area contributed by atoms with Gasteiger partial charge in [0.1, 0.15) is 6.10 Å². The van der Waals surface area contributed by atoms with Crippen LogP contribution < -0.4 is 0 Å². The van der Waals surface area contributed by atoms with E-state index >= 15 is 0 Å². The first-order valence-electron chi connectivity index (χ1n) is 10.8. The minimum absolute atomic E-state index is 0.0717. The van der Waals surface area contributed by atoms with Crippen LogP contribution in [0.25, 0.3) is 0 Å². The molecule has 0 bridgehead atoms. The van der Waals surface area contributed by atoms with Crippen LogP contribution in [0.1, 0.15) is 60.8 Å². The molecule has 8 nitrogen and oxygen atoms in total. The number of esters is 1. The number of rotatable bonds is 2. The van der Waals surface area contributed by atoms with Gasteiger partial charge in [0.05, 0.1) is 17.1 Å². The lowest BCUT2D eigenvalue weighted by atomic mass is 9.39. The standard InChI is InChI=1S/C23H32O8/c1-8-20(5)11-13(25)23-21(6)14(29-18(27)30-23)9-10-19(3,4)16(21)15(26)17(28-12(2)24)22(23,7)31-20/h8,14-17,26H,1,9-11H2,2-7H3/t14-,15-,16?,17-,20-,21-,22+,23-/m0/s1. The van der Waals surface area contributed by atoms with Gasteiger partial charge in [-0.15, -0.1) is 6.58 Å². The number of aliphatic hydroxyl groups excluding tert-OH is 1. The lowest BCUT2D eigenvalue weighted by Crippen LogP contribution is -2.89. The number of Topliss-reactive ketones (excluding diaryl/α,β-unsaturated/α-hetero) is 1. The highest BCUT2D eigenvalue weighted by molar-refractivity contribution is 5.95. The Labute approximate surface area is 182 Å². The monoisotopic (exact) mass is 436 g/mol. The molecule has 8 heteroatoms. The van der Waals surface area contributed by atoms with Crippen LogP contribution in [0.4, 0.5) is 4.79 Å². The lowest BCUT2D eigenvalue weighted by molar-refractivity contribution is -0.386. The summed E-state index contributed by atoms with van der Waals surface area (Å²) in [6.07, 6.45) is -1.41. The summed E-state index contributed by atoms with van der Waals surface area (Å²) in [4.78, 5) is 38.8. The van der Waals surface area contributed by atoms with Gasteiger partial charge in [0.15, 0.2) is 17.5 Å². The highest BCUT2D eigenvalue weighted by Gasteiger charge is 2.85. The molecule has 2 aliphatic carbocycles. The molecule has 2 aliphatic heterocycles. The third kappa shape index (κ3) is 2.52. The van der Waals surface area contributed by atoms with E-state index in [1.807, 2.05) is 20.8 Å². The zero-order chi connectivity index (χ0) is 23.2. The average Bonchev–Trinajstić information content (AvgIpc) is 2.63. The molecule has 1 spiro atoms. The van der Waals surface area contributed by atoms with E-state index in [4.69, 9.17) is 18.9 Å². The Hall–Kier alpha value is -1.93. The summed E-state index contributed by atoms with van der Waals surface area (Å²) >= 11 is 0. The maximum atomic E-state index is 14.0. The van der Waals surface area contributed by atoms with Crippen molar-refractivity contribution in [2.45, 2.75) is 95.9 Å². The van der Waals surface area contributed by atoms with Crippen LogP contribution in [0, 0.1) is 16.7 Å². The molecular weight excluding hydrogens is 404 g/mol. The van der Waals surface area contributed by atoms with E-state index < -0.39 is 64.0 Å². The molecule has 0 amide bonds. The van der Waals surface area contributed by atoms with E-state index in [2.05, 4.69) is 6.58 Å². The zero-order valence-electron chi connectivity index (χ0n) is 19.0. The maximum Gasteiger partial charge on any atom is 0.509 e. The second-order valence-electron chi connectivity index (χ2n) is 10.8. The fraction of sp³-hybridized carbons (Fsp3) is 0.783. The van der Waals surface area contributed by atoms with E-state index in [0.29, 0.717) is 12.8 Å². The van der Waals surface area contributed by atoms with Crippen LogP contribution in [-0.2, 0) is 28.5 Å². The second kappa shape index (κ2) is 6.32. The number of hydrogen-bond donors (Lipinski definition) is 1. The first-order chi connectivity index (χ1) is 14.2. The Balaban J connectivity index is 2.05. The summed E-state index contributed by atoms with van der Waals surface area (Å²) in [5.41, 5.74) is -6.11. The molecule has 4 aliphatic rings. The van der Waals surface area contributed by atoms with Crippen LogP contribution in [0.15, 0.2) is 12.7 Å². The first-order valence-corrected chi connectivity index (χ1v) is 10.8. The third-order valence-corrected chi connectivity index (χ3v) is 8.41. The van der Waals surface area contributed by atoms with Crippen LogP contribution in [0.2, 0.25) is 0 Å². The Kier molecular flexibility index (Phi) is 4.54. The fourth-order valence-corrected chi connectivity index (χ4v) is 7.33. The Morgan fingerprint density at radius 1 is 1.23 bits per heavy atom. The molecule has 1 unspecified atom stereocenters. The van der Waals surface area contributed by atoms with Gasteiger partial charge < -0.3 is 24.1 Å². The van der Waals surface area contributed by atoms with Crippen molar-refractivity contribution in [3.05, 3.63) is 12.7 Å². The van der Waals surface area contributed by atoms with Crippen LogP contribution in [0.3, 0.4) is 0 Å². The number of carbonyl (C=O) groups is 3. The Morgan fingerprint density at radius 2 is 1.87 bits per heavy atom. The van der Waals surface area contributed by atoms with Gasteiger partial charge in [0.25, 0.3) is 0 Å². The van der Waals surface area contributed by atoms with E-state index in [0.717, 1.165) is 0 Å². The van der Waals surface area contributed by atoms with Crippen molar-refractivity contribution in [2.75, 3.05) is 0 Å². The zero-order valence-corrected chi connectivity index (χ0v) is 19.0. The van der Waals surface area contributed by atoms with Gasteiger partial charge in [-0.2, -0.15) is 0 Å². The van der Waals surface area contributed by atoms with Crippen LogP contribution in [0.5, 0.6) is 0 Å². The van der Waals surface area contributed by atoms with Crippen LogP contribution >= 0.6 is 0 Å². The van der Waals surface area contributed by atoms with Crippen molar-refractivity contribution in [3.8, 4) is 0 Å². The summed E-state index contributed by atoms with van der Waals surface area (Å²) in [5.74, 6) is -1.54. The molecule has 4 fully saturated rings. The molecule has 2 saturated heterocycles. The summed E-state index contributed by atoms with van der Waals surface area (Å²) in [6, 6.07) is 0. The fourth-order valence-electron chi connectivity index (χ4n) is 7.33. The van der Waals surface area contributed by atoms with Gasteiger partial charge >= 0.3 is 12.1 Å². The first kappa shape index (κ1) is 22.3. The predicted octanol–water partition coefficient (Wildman–Crippen LogP) is 2.70. The quantitative estimate of drug-likeness (QED) is 0.520. The summed E-state index contributed by atoms with van der Waals surface area (Å²) in [6.45, 7) is 14.2. The lowest BCUT2D eigenvalue weighted by Gasteiger charge is -2.72. The number of ketones is 1. The number of hydrogen-bond acceptors (Lipinski definition) is 8. The van der Waals surface area contributed by atoms with Crippen molar-refractivity contribution >= 4 is 17.9 Å². The Morgan fingerprint density at radius 3 is 2.45 bits per heavy atom. The molecule has 172 valence electrons. The van der Waals surface area contributed by atoms with Gasteiger partial charge in [-0.05, 0) is 32.1 Å². The molecule has 2 saturated carbocycles. The molecule has 2 heterocycles. The normalized spacial score (nSPS) is 50.3. The molecule has 31 heavy (non-hydrogen) atoms. The van der Waals surface area contributed by atoms with E-state index in [1.165, 1.54) is 13.0 Å². The molecule has 0 aromatic rings. The molecule has 0 radical (unpaired) electrons. The average molecular weight is 437 g/mol.